The Balaban J connectivity index is 2.47. The lowest BCUT2D eigenvalue weighted by Gasteiger charge is -2.30. The molecule has 0 atom stereocenters. The summed E-state index contributed by atoms with van der Waals surface area (Å²) in [7, 11) is 0. The van der Waals surface area contributed by atoms with Gasteiger partial charge in [-0.2, -0.15) is 0 Å². The van der Waals surface area contributed by atoms with Crippen molar-refractivity contribution in [3.8, 4) is 0 Å². The number of esters is 1. The summed E-state index contributed by atoms with van der Waals surface area (Å²) in [4.78, 5) is 22.5. The second kappa shape index (κ2) is 5.69. The zero-order chi connectivity index (χ0) is 11.1. The van der Waals surface area contributed by atoms with Gasteiger partial charge in [0.2, 0.25) is 0 Å². The maximum atomic E-state index is 11.4. The van der Waals surface area contributed by atoms with Crippen LogP contribution in [0.1, 0.15) is 38.5 Å². The zero-order valence-corrected chi connectivity index (χ0v) is 9.04. The van der Waals surface area contributed by atoms with Crippen LogP contribution in [0.3, 0.4) is 0 Å². The van der Waals surface area contributed by atoms with Crippen molar-refractivity contribution in [2.45, 2.75) is 38.5 Å². The molecule has 3 heteroatoms. The number of carbonyl (C=O) groups is 2. The highest BCUT2D eigenvalue weighted by molar-refractivity contribution is 5.76. The van der Waals surface area contributed by atoms with Crippen molar-refractivity contribution in [2.75, 3.05) is 6.61 Å². The highest BCUT2D eigenvalue weighted by atomic mass is 16.5. The Hall–Kier alpha value is -1.12. The van der Waals surface area contributed by atoms with Crippen molar-refractivity contribution in [1.82, 2.24) is 0 Å². The van der Waals surface area contributed by atoms with Crippen molar-refractivity contribution in [3.05, 3.63) is 12.7 Å². The molecule has 0 N–H and O–H groups in total. The Labute approximate surface area is 90.5 Å². The van der Waals surface area contributed by atoms with Crippen LogP contribution in [-0.2, 0) is 14.3 Å². The summed E-state index contributed by atoms with van der Waals surface area (Å²) in [5.41, 5.74) is -0.448. The summed E-state index contributed by atoms with van der Waals surface area (Å²) < 4.78 is 4.90. The molecule has 0 aromatic heterocycles. The number of carbonyl (C=O) groups excluding carboxylic acids is 2. The lowest BCUT2D eigenvalue weighted by Crippen LogP contribution is -2.29. The van der Waals surface area contributed by atoms with Crippen molar-refractivity contribution in [2.24, 2.45) is 5.41 Å². The van der Waals surface area contributed by atoms with Gasteiger partial charge in [-0.05, 0) is 12.8 Å². The first-order chi connectivity index (χ1) is 7.22. The highest BCUT2D eigenvalue weighted by Gasteiger charge is 2.34. The third-order valence-corrected chi connectivity index (χ3v) is 2.96. The third kappa shape index (κ3) is 3.50. The Kier molecular flexibility index (Phi) is 4.53. The van der Waals surface area contributed by atoms with Crippen LogP contribution in [-0.4, -0.2) is 18.9 Å². The molecule has 0 saturated heterocycles. The van der Waals surface area contributed by atoms with Crippen molar-refractivity contribution in [3.63, 3.8) is 0 Å². The molecule has 0 aliphatic heterocycles. The van der Waals surface area contributed by atoms with E-state index in [4.69, 9.17) is 4.74 Å². The van der Waals surface area contributed by atoms with Gasteiger partial charge in [-0.1, -0.05) is 31.9 Å². The Morgan fingerprint density at radius 3 is 2.53 bits per heavy atom. The first-order valence-electron chi connectivity index (χ1n) is 5.45. The number of ether oxygens (including phenoxy) is 1. The van der Waals surface area contributed by atoms with E-state index in [1.54, 1.807) is 0 Å². The number of hydrogen-bond donors (Lipinski definition) is 0. The molecule has 0 spiro atoms. The van der Waals surface area contributed by atoms with E-state index in [0.717, 1.165) is 38.4 Å². The minimum atomic E-state index is -0.448. The molecule has 1 rings (SSSR count). The van der Waals surface area contributed by atoms with Crippen molar-refractivity contribution < 1.29 is 14.3 Å². The molecule has 3 nitrogen and oxygen atoms in total. The van der Waals surface area contributed by atoms with E-state index in [1.807, 2.05) is 0 Å². The molecule has 1 saturated carbocycles. The summed E-state index contributed by atoms with van der Waals surface area (Å²) >= 11 is 0. The minimum absolute atomic E-state index is 0.227. The van der Waals surface area contributed by atoms with E-state index in [-0.39, 0.29) is 19.0 Å². The van der Waals surface area contributed by atoms with Gasteiger partial charge in [-0.3, -0.25) is 4.79 Å². The van der Waals surface area contributed by atoms with Gasteiger partial charge in [0.25, 0.3) is 0 Å². The minimum Gasteiger partial charge on any atom is -0.461 e. The summed E-state index contributed by atoms with van der Waals surface area (Å²) in [5, 5.41) is 0. The largest absolute Gasteiger partial charge is 0.461 e. The maximum absolute atomic E-state index is 11.4. The average Bonchev–Trinajstić information content (AvgIpc) is 2.27. The quantitative estimate of drug-likeness (QED) is 0.397. The third-order valence-electron chi connectivity index (χ3n) is 2.96. The maximum Gasteiger partial charge on any atom is 0.307 e. The summed E-state index contributed by atoms with van der Waals surface area (Å²) in [5.74, 6) is -0.288. The molecule has 1 aliphatic carbocycles. The standard InChI is InChI=1S/C12H18O3/c1-2-8-15-11(14)9-12(10-13)6-4-3-5-7-12/h2,10H,1,3-9H2. The molecule has 0 radical (unpaired) electrons. The predicted molar refractivity (Wildman–Crippen MR) is 57.4 cm³/mol. The molecule has 0 heterocycles. The van der Waals surface area contributed by atoms with Gasteiger partial charge >= 0.3 is 5.97 Å². The second-order valence-electron chi connectivity index (χ2n) is 4.19. The molecule has 1 aliphatic rings. The molecule has 15 heavy (non-hydrogen) atoms. The Morgan fingerprint density at radius 1 is 1.33 bits per heavy atom. The molecule has 1 fully saturated rings. The summed E-state index contributed by atoms with van der Waals surface area (Å²) in [6, 6.07) is 0. The van der Waals surface area contributed by atoms with Crippen LogP contribution in [0.4, 0.5) is 0 Å². The lowest BCUT2D eigenvalue weighted by molar-refractivity contribution is -0.147. The van der Waals surface area contributed by atoms with Crippen LogP contribution in [0.15, 0.2) is 12.7 Å². The first kappa shape index (κ1) is 12.0. The molecular weight excluding hydrogens is 192 g/mol. The van der Waals surface area contributed by atoms with Gasteiger partial charge in [0, 0.05) is 5.41 Å². The second-order valence-corrected chi connectivity index (χ2v) is 4.19. The zero-order valence-electron chi connectivity index (χ0n) is 9.04. The monoisotopic (exact) mass is 210 g/mol. The molecule has 0 aromatic carbocycles. The number of rotatable bonds is 5. The highest BCUT2D eigenvalue weighted by Crippen LogP contribution is 2.37. The van der Waals surface area contributed by atoms with E-state index >= 15 is 0 Å². The van der Waals surface area contributed by atoms with Gasteiger partial charge in [-0.15, -0.1) is 0 Å². The van der Waals surface area contributed by atoms with Crippen LogP contribution in [0, 0.1) is 5.41 Å². The smallest absolute Gasteiger partial charge is 0.307 e. The van der Waals surface area contributed by atoms with E-state index in [1.165, 1.54) is 6.08 Å². The van der Waals surface area contributed by atoms with Crippen molar-refractivity contribution in [1.29, 1.82) is 0 Å². The molecule has 0 amide bonds. The van der Waals surface area contributed by atoms with Gasteiger partial charge in [-0.25, -0.2) is 0 Å². The number of hydrogen-bond acceptors (Lipinski definition) is 3. The number of aldehydes is 1. The van der Waals surface area contributed by atoms with Gasteiger partial charge < -0.3 is 9.53 Å². The normalized spacial score (nSPS) is 19.2. The molecule has 0 unspecified atom stereocenters. The van der Waals surface area contributed by atoms with E-state index < -0.39 is 5.41 Å². The van der Waals surface area contributed by atoms with E-state index in [0.29, 0.717) is 0 Å². The van der Waals surface area contributed by atoms with Crippen LogP contribution in [0.25, 0.3) is 0 Å². The van der Waals surface area contributed by atoms with Crippen LogP contribution >= 0.6 is 0 Å². The lowest BCUT2D eigenvalue weighted by atomic mass is 9.73. The fraction of sp³-hybridized carbons (Fsp3) is 0.667. The SMILES string of the molecule is C=CCOC(=O)CC1(C=O)CCCCC1. The van der Waals surface area contributed by atoms with Gasteiger partial charge in [0.1, 0.15) is 12.9 Å². The van der Waals surface area contributed by atoms with E-state index in [2.05, 4.69) is 6.58 Å². The summed E-state index contributed by atoms with van der Waals surface area (Å²) in [6.07, 6.45) is 7.58. The van der Waals surface area contributed by atoms with Crippen LogP contribution in [0.5, 0.6) is 0 Å². The molecule has 84 valence electrons. The molecule has 0 bridgehead atoms. The molecular formula is C12H18O3. The van der Waals surface area contributed by atoms with Crippen LogP contribution < -0.4 is 0 Å². The Bertz CT molecular complexity index is 239. The fourth-order valence-corrected chi connectivity index (χ4v) is 2.08. The van der Waals surface area contributed by atoms with Crippen LogP contribution in [0.2, 0.25) is 0 Å². The van der Waals surface area contributed by atoms with Gasteiger partial charge in [0.05, 0.1) is 6.42 Å². The average molecular weight is 210 g/mol. The van der Waals surface area contributed by atoms with Gasteiger partial charge in [0.15, 0.2) is 0 Å². The Morgan fingerprint density at radius 2 is 2.00 bits per heavy atom. The van der Waals surface area contributed by atoms with Crippen molar-refractivity contribution >= 4 is 12.3 Å². The van der Waals surface area contributed by atoms with E-state index in [9.17, 15) is 9.59 Å². The summed E-state index contributed by atoms with van der Waals surface area (Å²) in [6.45, 7) is 3.70. The first-order valence-corrected chi connectivity index (χ1v) is 5.45. The topological polar surface area (TPSA) is 43.4 Å². The molecule has 0 aromatic rings. The fourth-order valence-electron chi connectivity index (χ4n) is 2.08. The predicted octanol–water partition coefficient (Wildman–Crippen LogP) is 2.26.